The minimum atomic E-state index is -0.213. The van der Waals surface area contributed by atoms with E-state index in [0.29, 0.717) is 11.5 Å². The smallest absolute Gasteiger partial charge is 0.374 e. The van der Waals surface area contributed by atoms with E-state index in [2.05, 4.69) is 85.7 Å². The number of likely N-dealkylation sites (N-methyl/N-ethyl adjacent to an activating group) is 1. The van der Waals surface area contributed by atoms with Gasteiger partial charge >= 0.3 is 5.89 Å². The standard InChI is InChI=1S/C35H35N2O3S/c1-6-36-28-13-9-8-12-27(28)35(3,4)31(36)20-25-33(38)26(34(25)41-22-23-16-18-24(39-5)19-17-23)21-32-37(7-2)29-14-10-11-15-30(29)40-32/h8-21H,6-7,22H2,1-5H3/q+1. The van der Waals surface area contributed by atoms with Gasteiger partial charge in [0.25, 0.3) is 5.52 Å². The van der Waals surface area contributed by atoms with E-state index in [4.69, 9.17) is 9.15 Å². The first-order chi connectivity index (χ1) is 19.9. The predicted molar refractivity (Wildman–Crippen MR) is 167 cm³/mol. The first-order valence-electron chi connectivity index (χ1n) is 14.1. The summed E-state index contributed by atoms with van der Waals surface area (Å²) in [6, 6.07) is 24.7. The molecule has 1 aliphatic carbocycles. The lowest BCUT2D eigenvalue weighted by Gasteiger charge is -2.29. The molecule has 1 aromatic heterocycles. The fraction of sp³-hybridized carbons (Fsp3) is 0.257. The van der Waals surface area contributed by atoms with Crippen LogP contribution >= 0.6 is 11.8 Å². The molecule has 5 nitrogen and oxygen atoms in total. The summed E-state index contributed by atoms with van der Waals surface area (Å²) < 4.78 is 13.7. The Labute approximate surface area is 245 Å². The Morgan fingerprint density at radius 2 is 1.71 bits per heavy atom. The molecule has 6 rings (SSSR count). The molecule has 1 aliphatic heterocycles. The summed E-state index contributed by atoms with van der Waals surface area (Å²) in [5.41, 5.74) is 7.92. The van der Waals surface area contributed by atoms with Crippen LogP contribution in [0.1, 0.15) is 44.7 Å². The summed E-state index contributed by atoms with van der Waals surface area (Å²) in [5, 5.41) is 0. The normalized spacial score (nSPS) is 18.0. The number of allylic oxidation sites excluding steroid dienone is 4. The summed E-state index contributed by atoms with van der Waals surface area (Å²) in [7, 11) is 1.68. The third-order valence-corrected chi connectivity index (χ3v) is 9.34. The fourth-order valence-corrected chi connectivity index (χ4v) is 7.03. The Bertz CT molecular complexity index is 1740. The second kappa shape index (κ2) is 10.7. The number of aromatic nitrogens is 1. The van der Waals surface area contributed by atoms with Crippen molar-refractivity contribution in [3.05, 3.63) is 118 Å². The van der Waals surface area contributed by atoms with Gasteiger partial charge in [-0.15, -0.1) is 11.8 Å². The number of aryl methyl sites for hydroxylation is 1. The Morgan fingerprint density at radius 3 is 2.44 bits per heavy atom. The number of hydrogen-bond acceptors (Lipinski definition) is 5. The average molecular weight is 564 g/mol. The number of nitrogens with zero attached hydrogens (tertiary/aromatic N) is 2. The largest absolute Gasteiger partial charge is 0.497 e. The number of carbonyl (C=O) groups excluding carboxylic acids is 1. The Kier molecular flexibility index (Phi) is 7.12. The van der Waals surface area contributed by atoms with Crippen LogP contribution in [0.15, 0.2) is 105 Å². The highest BCUT2D eigenvalue weighted by Crippen LogP contribution is 2.50. The van der Waals surface area contributed by atoms with Gasteiger partial charge in [-0.05, 0) is 55.3 Å². The number of methoxy groups -OCH3 is 1. The van der Waals surface area contributed by atoms with Crippen molar-refractivity contribution in [2.24, 2.45) is 0 Å². The molecule has 0 saturated carbocycles. The van der Waals surface area contributed by atoms with Crippen molar-refractivity contribution in [2.45, 2.75) is 45.4 Å². The highest BCUT2D eigenvalue weighted by atomic mass is 32.2. The number of Topliss-reactive ketones (excluding diaryl/α,β-unsaturated/α-hetero) is 1. The molecule has 2 heterocycles. The second-order valence-corrected chi connectivity index (χ2v) is 11.8. The minimum Gasteiger partial charge on any atom is -0.497 e. The first kappa shape index (κ1) is 27.2. The summed E-state index contributed by atoms with van der Waals surface area (Å²) in [6.45, 7) is 10.3. The van der Waals surface area contributed by atoms with Crippen molar-refractivity contribution >= 4 is 40.4 Å². The van der Waals surface area contributed by atoms with Crippen LogP contribution in [-0.4, -0.2) is 19.4 Å². The molecule has 0 saturated heterocycles. The fourth-order valence-electron chi connectivity index (χ4n) is 5.92. The summed E-state index contributed by atoms with van der Waals surface area (Å²) >= 11 is 1.70. The van der Waals surface area contributed by atoms with Crippen LogP contribution in [0.2, 0.25) is 0 Å². The summed E-state index contributed by atoms with van der Waals surface area (Å²) in [6.07, 6.45) is 4.06. The molecule has 41 heavy (non-hydrogen) atoms. The number of benzene rings is 3. The molecule has 0 bridgehead atoms. The van der Waals surface area contributed by atoms with E-state index in [1.165, 1.54) is 16.8 Å². The Balaban J connectivity index is 1.44. The molecule has 0 spiro atoms. The molecule has 0 unspecified atom stereocenters. The number of ether oxygens (including phenoxy) is 1. The number of ketones is 1. The average Bonchev–Trinajstić information content (AvgIpc) is 3.46. The maximum Gasteiger partial charge on any atom is 0.374 e. The molecule has 0 amide bonds. The summed E-state index contributed by atoms with van der Waals surface area (Å²) in [5.74, 6) is 2.32. The van der Waals surface area contributed by atoms with Gasteiger partial charge in [-0.2, -0.15) is 4.57 Å². The van der Waals surface area contributed by atoms with Crippen LogP contribution in [0, 0.1) is 0 Å². The van der Waals surface area contributed by atoms with Crippen molar-refractivity contribution in [1.29, 1.82) is 0 Å². The van der Waals surface area contributed by atoms with Crippen molar-refractivity contribution in [2.75, 3.05) is 18.6 Å². The van der Waals surface area contributed by atoms with Gasteiger partial charge in [0.15, 0.2) is 5.78 Å². The van der Waals surface area contributed by atoms with Gasteiger partial charge in [-0.25, -0.2) is 0 Å². The molecule has 0 radical (unpaired) electrons. The third-order valence-electron chi connectivity index (χ3n) is 8.14. The Hall–Kier alpha value is -4.03. The molecular weight excluding hydrogens is 528 g/mol. The van der Waals surface area contributed by atoms with E-state index in [9.17, 15) is 4.79 Å². The first-order valence-corrected chi connectivity index (χ1v) is 15.1. The van der Waals surface area contributed by atoms with Crippen molar-refractivity contribution in [3.8, 4) is 5.75 Å². The van der Waals surface area contributed by atoms with E-state index >= 15 is 0 Å². The van der Waals surface area contributed by atoms with Crippen molar-refractivity contribution < 1.29 is 18.5 Å². The molecule has 2 aliphatic rings. The van der Waals surface area contributed by atoms with Crippen molar-refractivity contribution in [3.63, 3.8) is 0 Å². The number of oxazole rings is 1. The van der Waals surface area contributed by atoms with Gasteiger partial charge < -0.3 is 14.1 Å². The van der Waals surface area contributed by atoms with Crippen LogP contribution in [0.3, 0.4) is 0 Å². The quantitative estimate of drug-likeness (QED) is 0.163. The van der Waals surface area contributed by atoms with Gasteiger partial charge in [-0.3, -0.25) is 4.79 Å². The van der Waals surface area contributed by atoms with Crippen LogP contribution < -0.4 is 14.2 Å². The van der Waals surface area contributed by atoms with Gasteiger partial charge in [0.1, 0.15) is 12.3 Å². The molecular formula is C35H35N2O3S+. The molecule has 0 atom stereocenters. The molecule has 208 valence electrons. The molecule has 0 fully saturated rings. The topological polar surface area (TPSA) is 46.6 Å². The lowest BCUT2D eigenvalue weighted by molar-refractivity contribution is -0.674. The van der Waals surface area contributed by atoms with E-state index in [1.807, 2.05) is 36.4 Å². The van der Waals surface area contributed by atoms with Crippen molar-refractivity contribution in [1.82, 2.24) is 0 Å². The zero-order valence-corrected chi connectivity index (χ0v) is 25.0. The number of rotatable bonds is 8. The SMILES string of the molecule is CCN1/C(=C/C2=C(SCc3ccc(OC)cc3)C(=C/c3oc4ccccc4[n+]3CC)/C2=O)C(C)(C)c2ccccc21. The predicted octanol–water partition coefficient (Wildman–Crippen LogP) is 7.60. The van der Waals surface area contributed by atoms with E-state index in [1.54, 1.807) is 18.9 Å². The van der Waals surface area contributed by atoms with Crippen LogP contribution in [0.5, 0.6) is 5.75 Å². The van der Waals surface area contributed by atoms with E-state index in [0.717, 1.165) is 51.9 Å². The molecule has 4 aromatic rings. The number of fused-ring (bicyclic) bond motifs is 2. The molecule has 3 aromatic carbocycles. The van der Waals surface area contributed by atoms with Crippen LogP contribution in [0.4, 0.5) is 5.69 Å². The molecule has 6 heteroatoms. The van der Waals surface area contributed by atoms with E-state index in [-0.39, 0.29) is 11.2 Å². The Morgan fingerprint density at radius 1 is 0.976 bits per heavy atom. The number of anilines is 1. The zero-order chi connectivity index (χ0) is 28.7. The van der Waals surface area contributed by atoms with Gasteiger partial charge in [0.2, 0.25) is 5.58 Å². The molecule has 0 N–H and O–H groups in total. The number of hydrogen-bond donors (Lipinski definition) is 0. The van der Waals surface area contributed by atoms with Crippen LogP contribution in [0.25, 0.3) is 17.2 Å². The van der Waals surface area contributed by atoms with Gasteiger partial charge in [-0.1, -0.05) is 56.3 Å². The van der Waals surface area contributed by atoms with Gasteiger partial charge in [0.05, 0.1) is 13.2 Å². The zero-order valence-electron chi connectivity index (χ0n) is 24.2. The summed E-state index contributed by atoms with van der Waals surface area (Å²) in [4.78, 5) is 17.2. The maximum atomic E-state index is 13.9. The second-order valence-electron chi connectivity index (χ2n) is 10.8. The lowest BCUT2D eigenvalue weighted by atomic mass is 9.81. The minimum absolute atomic E-state index is 0.0562. The number of carbonyl (C=O) groups is 1. The lowest BCUT2D eigenvalue weighted by Crippen LogP contribution is -2.34. The highest BCUT2D eigenvalue weighted by Gasteiger charge is 2.42. The highest BCUT2D eigenvalue weighted by molar-refractivity contribution is 8.02. The van der Waals surface area contributed by atoms with Crippen LogP contribution in [-0.2, 0) is 22.5 Å². The number of thioether (sulfide) groups is 1. The van der Waals surface area contributed by atoms with E-state index < -0.39 is 0 Å². The maximum absolute atomic E-state index is 13.9. The number of para-hydroxylation sites is 3. The third kappa shape index (κ3) is 4.60. The monoisotopic (exact) mass is 563 g/mol. The van der Waals surface area contributed by atoms with Gasteiger partial charge in [0, 0.05) is 51.2 Å².